The Bertz CT molecular complexity index is 318. The van der Waals surface area contributed by atoms with Crippen molar-refractivity contribution >= 4 is 11.3 Å². The Morgan fingerprint density at radius 1 is 1.50 bits per heavy atom. The lowest BCUT2D eigenvalue weighted by Crippen LogP contribution is -2.18. The first-order chi connectivity index (χ1) is 6.63. The summed E-state index contributed by atoms with van der Waals surface area (Å²) in [6.45, 7) is 5.78. The zero-order valence-corrected chi connectivity index (χ0v) is 9.69. The molecular formula is C10H15N3S. The summed E-state index contributed by atoms with van der Waals surface area (Å²) in [4.78, 5) is 7.86. The van der Waals surface area contributed by atoms with Crippen LogP contribution in [0.3, 0.4) is 0 Å². The maximum atomic E-state index is 8.44. The van der Waals surface area contributed by atoms with Gasteiger partial charge in [0.25, 0.3) is 0 Å². The molecule has 3 nitrogen and oxygen atoms in total. The molecular weight excluding hydrogens is 194 g/mol. The number of aryl methyl sites for hydroxylation is 2. The van der Waals surface area contributed by atoms with Crippen molar-refractivity contribution in [3.63, 3.8) is 0 Å². The summed E-state index contributed by atoms with van der Waals surface area (Å²) in [5.41, 5.74) is 1.12. The van der Waals surface area contributed by atoms with Crippen molar-refractivity contribution in [2.45, 2.75) is 26.8 Å². The summed E-state index contributed by atoms with van der Waals surface area (Å²) in [5, 5.41) is 9.58. The standard InChI is InChI=1S/C10H15N3S/c1-8-9(2)14-10(12-8)7-13(3)6-4-5-11/h4,6-7H2,1-3H3. The Balaban J connectivity index is 2.48. The molecule has 0 fully saturated rings. The Kier molecular flexibility index (Phi) is 4.05. The van der Waals surface area contributed by atoms with Crippen molar-refractivity contribution in [1.29, 1.82) is 5.26 Å². The quantitative estimate of drug-likeness (QED) is 0.762. The molecule has 14 heavy (non-hydrogen) atoms. The summed E-state index contributed by atoms with van der Waals surface area (Å²) < 4.78 is 0. The van der Waals surface area contributed by atoms with Gasteiger partial charge < -0.3 is 0 Å². The SMILES string of the molecule is Cc1nc(CN(C)CCC#N)sc1C. The van der Waals surface area contributed by atoms with Crippen LogP contribution in [0.1, 0.15) is 22.0 Å². The van der Waals surface area contributed by atoms with Crippen LogP contribution < -0.4 is 0 Å². The van der Waals surface area contributed by atoms with Gasteiger partial charge in [-0.05, 0) is 20.9 Å². The minimum absolute atomic E-state index is 0.583. The lowest BCUT2D eigenvalue weighted by Gasteiger charge is -2.11. The number of hydrogen-bond acceptors (Lipinski definition) is 4. The van der Waals surface area contributed by atoms with E-state index in [1.165, 1.54) is 4.88 Å². The Morgan fingerprint density at radius 2 is 2.21 bits per heavy atom. The van der Waals surface area contributed by atoms with E-state index in [4.69, 9.17) is 5.26 Å². The van der Waals surface area contributed by atoms with Crippen LogP contribution in [0.2, 0.25) is 0 Å². The van der Waals surface area contributed by atoms with Crippen molar-refractivity contribution in [1.82, 2.24) is 9.88 Å². The Morgan fingerprint density at radius 3 is 2.71 bits per heavy atom. The molecule has 0 aliphatic heterocycles. The summed E-state index contributed by atoms with van der Waals surface area (Å²) in [5.74, 6) is 0. The van der Waals surface area contributed by atoms with E-state index in [-0.39, 0.29) is 0 Å². The zero-order valence-electron chi connectivity index (χ0n) is 8.87. The number of hydrogen-bond donors (Lipinski definition) is 0. The van der Waals surface area contributed by atoms with Gasteiger partial charge in [-0.1, -0.05) is 0 Å². The molecule has 0 aromatic carbocycles. The van der Waals surface area contributed by atoms with E-state index in [0.717, 1.165) is 23.8 Å². The van der Waals surface area contributed by atoms with Crippen molar-refractivity contribution in [2.75, 3.05) is 13.6 Å². The summed E-state index contributed by atoms with van der Waals surface area (Å²) >= 11 is 1.74. The number of nitrogens with zero attached hydrogens (tertiary/aromatic N) is 3. The summed E-state index contributed by atoms with van der Waals surface area (Å²) in [6.07, 6.45) is 0.583. The molecule has 0 bridgehead atoms. The highest BCUT2D eigenvalue weighted by Crippen LogP contribution is 2.17. The molecule has 0 saturated heterocycles. The van der Waals surface area contributed by atoms with Crippen molar-refractivity contribution in [2.24, 2.45) is 0 Å². The third-order valence-corrected chi connectivity index (χ3v) is 3.14. The van der Waals surface area contributed by atoms with Crippen LogP contribution >= 0.6 is 11.3 Å². The topological polar surface area (TPSA) is 39.9 Å². The van der Waals surface area contributed by atoms with Crippen molar-refractivity contribution < 1.29 is 0 Å². The van der Waals surface area contributed by atoms with Crippen LogP contribution in [0.15, 0.2) is 0 Å². The van der Waals surface area contributed by atoms with Gasteiger partial charge in [0.05, 0.1) is 18.3 Å². The second-order valence-corrected chi connectivity index (χ2v) is 4.68. The van der Waals surface area contributed by atoms with Gasteiger partial charge in [0.1, 0.15) is 5.01 Å². The first-order valence-electron chi connectivity index (χ1n) is 4.62. The second-order valence-electron chi connectivity index (χ2n) is 3.40. The minimum Gasteiger partial charge on any atom is -0.299 e. The second kappa shape index (κ2) is 5.08. The molecule has 4 heteroatoms. The van der Waals surface area contributed by atoms with Gasteiger partial charge in [0.2, 0.25) is 0 Å². The largest absolute Gasteiger partial charge is 0.299 e. The molecule has 1 heterocycles. The van der Waals surface area contributed by atoms with Crippen LogP contribution in [0.25, 0.3) is 0 Å². The molecule has 0 aliphatic carbocycles. The predicted octanol–water partition coefficient (Wildman–Crippen LogP) is 2.11. The molecule has 1 rings (SSSR count). The van der Waals surface area contributed by atoms with Gasteiger partial charge in [-0.15, -0.1) is 11.3 Å². The number of nitriles is 1. The van der Waals surface area contributed by atoms with E-state index in [1.54, 1.807) is 11.3 Å². The fourth-order valence-corrected chi connectivity index (χ4v) is 2.17. The fourth-order valence-electron chi connectivity index (χ4n) is 1.16. The highest BCUT2D eigenvalue weighted by molar-refractivity contribution is 7.11. The van der Waals surface area contributed by atoms with E-state index in [2.05, 4.69) is 22.9 Å². The van der Waals surface area contributed by atoms with E-state index < -0.39 is 0 Å². The fraction of sp³-hybridized carbons (Fsp3) is 0.600. The number of aromatic nitrogens is 1. The van der Waals surface area contributed by atoms with Gasteiger partial charge in [-0.25, -0.2) is 4.98 Å². The van der Waals surface area contributed by atoms with Gasteiger partial charge in [0.15, 0.2) is 0 Å². The van der Waals surface area contributed by atoms with E-state index >= 15 is 0 Å². The monoisotopic (exact) mass is 209 g/mol. The molecule has 76 valence electrons. The third-order valence-electron chi connectivity index (χ3n) is 2.08. The molecule has 0 radical (unpaired) electrons. The van der Waals surface area contributed by atoms with Crippen LogP contribution in [0.5, 0.6) is 0 Å². The number of thiazole rings is 1. The van der Waals surface area contributed by atoms with E-state index in [9.17, 15) is 0 Å². The lowest BCUT2D eigenvalue weighted by molar-refractivity contribution is 0.334. The van der Waals surface area contributed by atoms with Gasteiger partial charge in [0, 0.05) is 17.8 Å². The number of rotatable bonds is 4. The Hall–Kier alpha value is -0.920. The van der Waals surface area contributed by atoms with Gasteiger partial charge in [-0.2, -0.15) is 5.26 Å². The molecule has 0 atom stereocenters. The van der Waals surface area contributed by atoms with Crippen molar-refractivity contribution in [3.8, 4) is 6.07 Å². The average Bonchev–Trinajstić information content (AvgIpc) is 2.42. The van der Waals surface area contributed by atoms with Crippen LogP contribution in [0.4, 0.5) is 0 Å². The molecule has 0 N–H and O–H groups in total. The molecule has 1 aromatic rings. The average molecular weight is 209 g/mol. The van der Waals surface area contributed by atoms with Crippen LogP contribution in [-0.2, 0) is 6.54 Å². The maximum Gasteiger partial charge on any atom is 0.107 e. The first kappa shape index (κ1) is 11.2. The zero-order chi connectivity index (χ0) is 10.6. The van der Waals surface area contributed by atoms with E-state index in [1.807, 2.05) is 14.0 Å². The molecule has 1 aromatic heterocycles. The lowest BCUT2D eigenvalue weighted by atomic mass is 10.4. The molecule has 0 aliphatic rings. The predicted molar refractivity (Wildman–Crippen MR) is 58.2 cm³/mol. The highest BCUT2D eigenvalue weighted by atomic mass is 32.1. The van der Waals surface area contributed by atoms with E-state index in [0.29, 0.717) is 6.42 Å². The highest BCUT2D eigenvalue weighted by Gasteiger charge is 2.06. The molecule has 0 unspecified atom stereocenters. The third kappa shape index (κ3) is 3.09. The smallest absolute Gasteiger partial charge is 0.107 e. The summed E-state index contributed by atoms with van der Waals surface area (Å²) in [7, 11) is 2.02. The minimum atomic E-state index is 0.583. The van der Waals surface area contributed by atoms with Gasteiger partial charge in [-0.3, -0.25) is 4.90 Å². The summed E-state index contributed by atoms with van der Waals surface area (Å²) in [6, 6.07) is 2.14. The first-order valence-corrected chi connectivity index (χ1v) is 5.43. The van der Waals surface area contributed by atoms with Crippen molar-refractivity contribution in [3.05, 3.63) is 15.6 Å². The molecule has 0 spiro atoms. The molecule has 0 saturated carbocycles. The van der Waals surface area contributed by atoms with Crippen LogP contribution in [-0.4, -0.2) is 23.5 Å². The Labute approximate surface area is 89.0 Å². The van der Waals surface area contributed by atoms with Gasteiger partial charge >= 0.3 is 0 Å². The normalized spacial score (nSPS) is 10.5. The van der Waals surface area contributed by atoms with Crippen LogP contribution in [0, 0.1) is 25.2 Å². The maximum absolute atomic E-state index is 8.44. The molecule has 0 amide bonds.